The molecule has 0 aliphatic rings. The number of hydrogen-bond donors (Lipinski definition) is 1. The molecule has 1 N–H and O–H groups in total. The van der Waals surface area contributed by atoms with Crippen LogP contribution in [0.2, 0.25) is 0 Å². The molecule has 4 heteroatoms. The Kier molecular flexibility index (Phi) is 3.97. The van der Waals surface area contributed by atoms with Crippen molar-refractivity contribution in [3.05, 3.63) is 71.5 Å². The van der Waals surface area contributed by atoms with Crippen LogP contribution in [-0.2, 0) is 0 Å². The van der Waals surface area contributed by atoms with Crippen LogP contribution in [0.15, 0.2) is 60.1 Å². The standard InChI is InChI=1S/C17H15FN2S/c1-12(13-2-6-15(18)7-3-13)20-16-8-4-14(5-9-16)17-19-10-11-21-17/h2-12,20H,1H3. The molecule has 1 unspecified atom stereocenters. The van der Waals surface area contributed by atoms with Gasteiger partial charge in [0.2, 0.25) is 0 Å². The van der Waals surface area contributed by atoms with Gasteiger partial charge in [-0.3, -0.25) is 0 Å². The van der Waals surface area contributed by atoms with Crippen LogP contribution in [0.4, 0.5) is 10.1 Å². The van der Waals surface area contributed by atoms with Crippen LogP contribution in [0.5, 0.6) is 0 Å². The normalized spacial score (nSPS) is 12.1. The van der Waals surface area contributed by atoms with E-state index in [9.17, 15) is 4.39 Å². The van der Waals surface area contributed by atoms with Gasteiger partial charge in [-0.15, -0.1) is 11.3 Å². The van der Waals surface area contributed by atoms with Crippen molar-refractivity contribution in [2.75, 3.05) is 5.32 Å². The van der Waals surface area contributed by atoms with E-state index < -0.39 is 0 Å². The Morgan fingerprint density at radius 2 is 1.76 bits per heavy atom. The van der Waals surface area contributed by atoms with Crippen molar-refractivity contribution in [3.8, 4) is 10.6 Å². The Morgan fingerprint density at radius 1 is 1.05 bits per heavy atom. The van der Waals surface area contributed by atoms with E-state index in [1.807, 2.05) is 23.7 Å². The number of halogens is 1. The van der Waals surface area contributed by atoms with Crippen molar-refractivity contribution in [1.82, 2.24) is 4.98 Å². The molecule has 2 aromatic carbocycles. The van der Waals surface area contributed by atoms with Gasteiger partial charge in [-0.2, -0.15) is 0 Å². The molecule has 0 aliphatic carbocycles. The Morgan fingerprint density at radius 3 is 2.38 bits per heavy atom. The molecule has 0 aliphatic heterocycles. The molecular formula is C17H15FN2S. The molecule has 2 nitrogen and oxygen atoms in total. The number of aromatic nitrogens is 1. The molecular weight excluding hydrogens is 283 g/mol. The van der Waals surface area contributed by atoms with Crippen molar-refractivity contribution in [2.45, 2.75) is 13.0 Å². The van der Waals surface area contributed by atoms with E-state index in [2.05, 4.69) is 29.4 Å². The number of nitrogens with one attached hydrogen (secondary N) is 1. The van der Waals surface area contributed by atoms with E-state index in [4.69, 9.17) is 0 Å². The topological polar surface area (TPSA) is 24.9 Å². The van der Waals surface area contributed by atoms with Crippen LogP contribution in [0, 0.1) is 5.82 Å². The summed E-state index contributed by atoms with van der Waals surface area (Å²) in [6.45, 7) is 2.06. The summed E-state index contributed by atoms with van der Waals surface area (Å²) in [6.07, 6.45) is 1.81. The monoisotopic (exact) mass is 298 g/mol. The second kappa shape index (κ2) is 6.06. The van der Waals surface area contributed by atoms with Gasteiger partial charge in [0.25, 0.3) is 0 Å². The zero-order valence-corrected chi connectivity index (χ0v) is 12.4. The molecule has 0 saturated heterocycles. The predicted octanol–water partition coefficient (Wildman–Crippen LogP) is 5.12. The summed E-state index contributed by atoms with van der Waals surface area (Å²) in [7, 11) is 0. The lowest BCUT2D eigenvalue weighted by Gasteiger charge is -2.16. The molecule has 0 saturated carbocycles. The minimum atomic E-state index is -0.209. The number of anilines is 1. The van der Waals surface area contributed by atoms with Gasteiger partial charge in [0.05, 0.1) is 0 Å². The van der Waals surface area contributed by atoms with E-state index in [1.165, 1.54) is 12.1 Å². The summed E-state index contributed by atoms with van der Waals surface area (Å²) in [5.74, 6) is -0.209. The Labute approximate surface area is 127 Å². The molecule has 0 radical (unpaired) electrons. The lowest BCUT2D eigenvalue weighted by Crippen LogP contribution is -2.06. The highest BCUT2D eigenvalue weighted by Gasteiger charge is 2.06. The minimum Gasteiger partial charge on any atom is -0.379 e. The number of thiazole rings is 1. The minimum absolute atomic E-state index is 0.122. The highest BCUT2D eigenvalue weighted by molar-refractivity contribution is 7.13. The third kappa shape index (κ3) is 3.28. The summed E-state index contributed by atoms with van der Waals surface area (Å²) < 4.78 is 12.9. The fourth-order valence-corrected chi connectivity index (χ4v) is 2.80. The van der Waals surface area contributed by atoms with E-state index >= 15 is 0 Å². The first kappa shape index (κ1) is 13.8. The first-order valence-electron chi connectivity index (χ1n) is 6.74. The Bertz CT molecular complexity index is 691. The summed E-state index contributed by atoms with van der Waals surface area (Å²) in [5.41, 5.74) is 3.21. The molecule has 0 bridgehead atoms. The third-order valence-electron chi connectivity index (χ3n) is 3.32. The van der Waals surface area contributed by atoms with Crippen LogP contribution in [0.3, 0.4) is 0 Å². The first-order valence-corrected chi connectivity index (χ1v) is 7.62. The molecule has 3 rings (SSSR count). The van der Waals surface area contributed by atoms with E-state index in [1.54, 1.807) is 23.5 Å². The zero-order valence-electron chi connectivity index (χ0n) is 11.6. The van der Waals surface area contributed by atoms with Gasteiger partial charge in [-0.05, 0) is 48.9 Å². The van der Waals surface area contributed by atoms with Crippen molar-refractivity contribution in [1.29, 1.82) is 0 Å². The largest absolute Gasteiger partial charge is 0.379 e. The second-order valence-electron chi connectivity index (χ2n) is 4.83. The van der Waals surface area contributed by atoms with Crippen molar-refractivity contribution >= 4 is 17.0 Å². The van der Waals surface area contributed by atoms with Crippen molar-refractivity contribution in [2.24, 2.45) is 0 Å². The van der Waals surface area contributed by atoms with Crippen molar-refractivity contribution < 1.29 is 4.39 Å². The average molecular weight is 298 g/mol. The summed E-state index contributed by atoms with van der Waals surface area (Å²) >= 11 is 1.63. The van der Waals surface area contributed by atoms with Gasteiger partial charge in [0.15, 0.2) is 0 Å². The maximum Gasteiger partial charge on any atom is 0.123 e. The molecule has 0 spiro atoms. The van der Waals surface area contributed by atoms with Crippen molar-refractivity contribution in [3.63, 3.8) is 0 Å². The summed E-state index contributed by atoms with van der Waals surface area (Å²) in [5, 5.41) is 6.40. The molecule has 1 aromatic heterocycles. The van der Waals surface area contributed by atoms with Gasteiger partial charge < -0.3 is 5.32 Å². The third-order valence-corrected chi connectivity index (χ3v) is 4.14. The second-order valence-corrected chi connectivity index (χ2v) is 5.73. The smallest absolute Gasteiger partial charge is 0.123 e. The first-order chi connectivity index (χ1) is 10.2. The molecule has 0 amide bonds. The molecule has 21 heavy (non-hydrogen) atoms. The molecule has 1 heterocycles. The summed E-state index contributed by atoms with van der Waals surface area (Å²) in [6, 6.07) is 14.9. The Balaban J connectivity index is 1.71. The van der Waals surface area contributed by atoms with Crippen LogP contribution in [0.25, 0.3) is 10.6 Å². The Hall–Kier alpha value is -2.20. The SMILES string of the molecule is CC(Nc1ccc(-c2nccs2)cc1)c1ccc(F)cc1. The molecule has 0 fully saturated rings. The maximum absolute atomic E-state index is 12.9. The highest BCUT2D eigenvalue weighted by Crippen LogP contribution is 2.25. The van der Waals surface area contributed by atoms with Gasteiger partial charge >= 0.3 is 0 Å². The lowest BCUT2D eigenvalue weighted by molar-refractivity contribution is 0.626. The van der Waals surface area contributed by atoms with Crippen LogP contribution < -0.4 is 5.32 Å². The van der Waals surface area contributed by atoms with Crippen LogP contribution in [0.1, 0.15) is 18.5 Å². The van der Waals surface area contributed by atoms with E-state index in [0.29, 0.717) is 0 Å². The van der Waals surface area contributed by atoms with E-state index in [-0.39, 0.29) is 11.9 Å². The van der Waals surface area contributed by atoms with Crippen LogP contribution in [-0.4, -0.2) is 4.98 Å². The number of hydrogen-bond acceptors (Lipinski definition) is 3. The van der Waals surface area contributed by atoms with Gasteiger partial charge in [-0.25, -0.2) is 9.37 Å². The van der Waals surface area contributed by atoms with Gasteiger partial charge in [0.1, 0.15) is 10.8 Å². The quantitative estimate of drug-likeness (QED) is 0.723. The average Bonchev–Trinajstić information content (AvgIpc) is 3.03. The molecule has 3 aromatic rings. The fraction of sp³-hybridized carbons (Fsp3) is 0.118. The number of benzene rings is 2. The van der Waals surface area contributed by atoms with E-state index in [0.717, 1.165) is 21.8 Å². The molecule has 106 valence electrons. The van der Waals surface area contributed by atoms with Gasteiger partial charge in [-0.1, -0.05) is 12.1 Å². The lowest BCUT2D eigenvalue weighted by atomic mass is 10.1. The maximum atomic E-state index is 12.9. The molecule has 1 atom stereocenters. The number of rotatable bonds is 4. The van der Waals surface area contributed by atoms with Crippen LogP contribution >= 0.6 is 11.3 Å². The fourth-order valence-electron chi connectivity index (χ4n) is 2.16. The zero-order chi connectivity index (χ0) is 14.7. The summed E-state index contributed by atoms with van der Waals surface area (Å²) in [4.78, 5) is 4.30. The van der Waals surface area contributed by atoms with Gasteiger partial charge in [0, 0.05) is 28.9 Å². The predicted molar refractivity (Wildman–Crippen MR) is 86.0 cm³/mol. The highest BCUT2D eigenvalue weighted by atomic mass is 32.1. The number of nitrogens with zero attached hydrogens (tertiary/aromatic N) is 1.